The average molecular weight is 338 g/mol. The molecule has 0 aromatic heterocycles. The van der Waals surface area contributed by atoms with Gasteiger partial charge in [-0.3, -0.25) is 4.79 Å². The maximum absolute atomic E-state index is 13.8. The van der Waals surface area contributed by atoms with Crippen molar-refractivity contribution in [1.29, 1.82) is 0 Å². The SMILES string of the molecule is O=C(Cc1ccccc1)OCc1ccc(-c2c(F)cccc2F)cc1. The van der Waals surface area contributed by atoms with E-state index in [1.54, 1.807) is 24.3 Å². The fraction of sp³-hybridized carbons (Fsp3) is 0.0952. The molecule has 25 heavy (non-hydrogen) atoms. The smallest absolute Gasteiger partial charge is 0.310 e. The van der Waals surface area contributed by atoms with Crippen LogP contribution in [0.15, 0.2) is 72.8 Å². The van der Waals surface area contributed by atoms with E-state index in [0.29, 0.717) is 5.56 Å². The Kier molecular flexibility index (Phi) is 5.19. The Hall–Kier alpha value is -3.01. The lowest BCUT2D eigenvalue weighted by molar-refractivity contribution is -0.144. The molecule has 0 bridgehead atoms. The van der Waals surface area contributed by atoms with Gasteiger partial charge in [-0.1, -0.05) is 60.7 Å². The predicted octanol–water partition coefficient (Wildman–Crippen LogP) is 4.92. The molecule has 4 heteroatoms. The number of halogens is 2. The van der Waals surface area contributed by atoms with Crippen LogP contribution in [0.1, 0.15) is 11.1 Å². The molecule has 0 spiro atoms. The van der Waals surface area contributed by atoms with E-state index in [1.165, 1.54) is 18.2 Å². The molecule has 2 nitrogen and oxygen atoms in total. The van der Waals surface area contributed by atoms with Crippen LogP contribution in [0.25, 0.3) is 11.1 Å². The number of hydrogen-bond acceptors (Lipinski definition) is 2. The summed E-state index contributed by atoms with van der Waals surface area (Å²) in [7, 11) is 0. The Labute approximate surface area is 144 Å². The second kappa shape index (κ2) is 7.71. The number of carbonyl (C=O) groups excluding carboxylic acids is 1. The zero-order valence-corrected chi connectivity index (χ0v) is 13.4. The van der Waals surface area contributed by atoms with Gasteiger partial charge in [-0.2, -0.15) is 0 Å². The Bertz CT molecular complexity index is 839. The Morgan fingerprint density at radius 3 is 2.04 bits per heavy atom. The molecule has 0 unspecified atom stereocenters. The van der Waals surface area contributed by atoms with Crippen molar-refractivity contribution in [2.45, 2.75) is 13.0 Å². The molecule has 3 rings (SSSR count). The van der Waals surface area contributed by atoms with E-state index in [0.717, 1.165) is 11.1 Å². The van der Waals surface area contributed by atoms with Gasteiger partial charge in [0.25, 0.3) is 0 Å². The van der Waals surface area contributed by atoms with Crippen molar-refractivity contribution < 1.29 is 18.3 Å². The highest BCUT2D eigenvalue weighted by molar-refractivity contribution is 5.72. The molecule has 0 fully saturated rings. The van der Waals surface area contributed by atoms with Crippen LogP contribution in [0, 0.1) is 11.6 Å². The van der Waals surface area contributed by atoms with Crippen molar-refractivity contribution in [3.8, 4) is 11.1 Å². The molecule has 0 saturated heterocycles. The van der Waals surface area contributed by atoms with Crippen molar-refractivity contribution >= 4 is 5.97 Å². The maximum Gasteiger partial charge on any atom is 0.310 e. The summed E-state index contributed by atoms with van der Waals surface area (Å²) in [5, 5.41) is 0. The fourth-order valence-electron chi connectivity index (χ4n) is 2.52. The number of carbonyl (C=O) groups is 1. The van der Waals surface area contributed by atoms with Gasteiger partial charge < -0.3 is 4.74 Å². The topological polar surface area (TPSA) is 26.3 Å². The molecule has 0 saturated carbocycles. The van der Waals surface area contributed by atoms with Crippen LogP contribution in [-0.2, 0) is 22.6 Å². The van der Waals surface area contributed by atoms with E-state index in [-0.39, 0.29) is 24.6 Å². The van der Waals surface area contributed by atoms with Crippen molar-refractivity contribution in [3.63, 3.8) is 0 Å². The second-order valence-corrected chi connectivity index (χ2v) is 5.62. The molecular formula is C21H16F2O2. The normalized spacial score (nSPS) is 10.5. The van der Waals surface area contributed by atoms with Crippen LogP contribution < -0.4 is 0 Å². The van der Waals surface area contributed by atoms with Crippen LogP contribution in [0.3, 0.4) is 0 Å². The molecule has 3 aromatic rings. The van der Waals surface area contributed by atoms with Crippen molar-refractivity contribution in [3.05, 3.63) is 95.6 Å². The summed E-state index contributed by atoms with van der Waals surface area (Å²) in [5.74, 6) is -1.54. The molecule has 0 aliphatic heterocycles. The maximum atomic E-state index is 13.8. The summed E-state index contributed by atoms with van der Waals surface area (Å²) in [5.41, 5.74) is 2.02. The minimum atomic E-state index is -0.609. The van der Waals surface area contributed by atoms with Crippen LogP contribution in [0.5, 0.6) is 0 Å². The summed E-state index contributed by atoms with van der Waals surface area (Å²) >= 11 is 0. The molecule has 0 aliphatic rings. The first-order valence-corrected chi connectivity index (χ1v) is 7.86. The Balaban J connectivity index is 1.62. The van der Waals surface area contributed by atoms with Gasteiger partial charge in [-0.05, 0) is 28.8 Å². The van der Waals surface area contributed by atoms with Gasteiger partial charge in [0.2, 0.25) is 0 Å². The van der Waals surface area contributed by atoms with Crippen LogP contribution in [-0.4, -0.2) is 5.97 Å². The summed E-state index contributed by atoms with van der Waals surface area (Å²) < 4.78 is 32.8. The van der Waals surface area contributed by atoms with Gasteiger partial charge in [0.15, 0.2) is 0 Å². The number of ether oxygens (including phenoxy) is 1. The highest BCUT2D eigenvalue weighted by Crippen LogP contribution is 2.26. The highest BCUT2D eigenvalue weighted by atomic mass is 19.1. The molecule has 0 N–H and O–H groups in total. The quantitative estimate of drug-likeness (QED) is 0.617. The van der Waals surface area contributed by atoms with Crippen molar-refractivity contribution in [2.75, 3.05) is 0 Å². The first-order valence-electron chi connectivity index (χ1n) is 7.86. The Morgan fingerprint density at radius 1 is 0.760 bits per heavy atom. The lowest BCUT2D eigenvalue weighted by Gasteiger charge is -2.08. The van der Waals surface area contributed by atoms with Crippen LogP contribution in [0.2, 0.25) is 0 Å². The summed E-state index contributed by atoms with van der Waals surface area (Å²) in [4.78, 5) is 11.8. The molecule has 0 atom stereocenters. The van der Waals surface area contributed by atoms with E-state index >= 15 is 0 Å². The number of esters is 1. The molecule has 3 aromatic carbocycles. The van der Waals surface area contributed by atoms with Crippen LogP contribution >= 0.6 is 0 Å². The van der Waals surface area contributed by atoms with E-state index in [9.17, 15) is 13.6 Å². The van der Waals surface area contributed by atoms with Gasteiger partial charge in [-0.15, -0.1) is 0 Å². The molecule has 0 aliphatic carbocycles. The van der Waals surface area contributed by atoms with Gasteiger partial charge in [0, 0.05) is 0 Å². The monoisotopic (exact) mass is 338 g/mol. The minimum Gasteiger partial charge on any atom is -0.461 e. The third-order valence-electron chi connectivity index (χ3n) is 3.80. The number of rotatable bonds is 5. The Morgan fingerprint density at radius 2 is 1.40 bits per heavy atom. The van der Waals surface area contributed by atoms with Gasteiger partial charge in [0.1, 0.15) is 18.2 Å². The first kappa shape index (κ1) is 16.8. The molecule has 0 amide bonds. The molecule has 0 heterocycles. The second-order valence-electron chi connectivity index (χ2n) is 5.62. The van der Waals surface area contributed by atoms with E-state index in [1.807, 2.05) is 30.3 Å². The minimum absolute atomic E-state index is 0.0601. The van der Waals surface area contributed by atoms with E-state index in [4.69, 9.17) is 4.74 Å². The third-order valence-corrected chi connectivity index (χ3v) is 3.80. The molecule has 0 radical (unpaired) electrons. The molecule has 126 valence electrons. The standard InChI is InChI=1S/C21H16F2O2/c22-18-7-4-8-19(23)21(18)17-11-9-16(10-12-17)14-25-20(24)13-15-5-2-1-3-6-15/h1-12H,13-14H2. The van der Waals surface area contributed by atoms with Gasteiger partial charge in [0.05, 0.1) is 12.0 Å². The largest absolute Gasteiger partial charge is 0.461 e. The van der Waals surface area contributed by atoms with Crippen molar-refractivity contribution in [1.82, 2.24) is 0 Å². The van der Waals surface area contributed by atoms with Gasteiger partial charge in [-0.25, -0.2) is 8.78 Å². The fourth-order valence-corrected chi connectivity index (χ4v) is 2.52. The average Bonchev–Trinajstić information content (AvgIpc) is 2.62. The lowest BCUT2D eigenvalue weighted by atomic mass is 10.0. The van der Waals surface area contributed by atoms with Crippen LogP contribution in [0.4, 0.5) is 8.78 Å². The zero-order valence-electron chi connectivity index (χ0n) is 13.4. The van der Waals surface area contributed by atoms with Gasteiger partial charge >= 0.3 is 5.97 Å². The summed E-state index contributed by atoms with van der Waals surface area (Å²) in [6, 6.07) is 19.7. The lowest BCUT2D eigenvalue weighted by Crippen LogP contribution is -2.07. The first-order chi connectivity index (χ1) is 12.1. The summed E-state index contributed by atoms with van der Waals surface area (Å²) in [6.07, 6.45) is 0.208. The number of benzene rings is 3. The third kappa shape index (κ3) is 4.29. The van der Waals surface area contributed by atoms with E-state index in [2.05, 4.69) is 0 Å². The zero-order chi connectivity index (χ0) is 17.6. The van der Waals surface area contributed by atoms with E-state index < -0.39 is 11.6 Å². The number of hydrogen-bond donors (Lipinski definition) is 0. The summed E-state index contributed by atoms with van der Waals surface area (Å²) in [6.45, 7) is 0.117. The predicted molar refractivity (Wildman–Crippen MR) is 91.7 cm³/mol. The highest BCUT2D eigenvalue weighted by Gasteiger charge is 2.11. The molecular weight excluding hydrogens is 322 g/mol. The van der Waals surface area contributed by atoms with Crippen molar-refractivity contribution in [2.24, 2.45) is 0 Å².